The molecule has 1 spiro atoms. The molecule has 326 valence electrons. The Bertz CT molecular complexity index is 2530. The van der Waals surface area contributed by atoms with Gasteiger partial charge in [0.15, 0.2) is 0 Å². The minimum absolute atomic E-state index is 0.118. The number of benzene rings is 2. The number of alkyl carbamates (subject to hydrolysis) is 2. The Morgan fingerprint density at radius 1 is 0.742 bits per heavy atom. The minimum atomic E-state index is -0.706. The molecule has 4 amide bonds. The van der Waals surface area contributed by atoms with Crippen molar-refractivity contribution in [1.82, 2.24) is 45.4 Å². The van der Waals surface area contributed by atoms with E-state index in [9.17, 15) is 19.2 Å². The van der Waals surface area contributed by atoms with E-state index in [1.807, 2.05) is 49.9 Å². The highest BCUT2D eigenvalue weighted by Gasteiger charge is 2.48. The lowest BCUT2D eigenvalue weighted by molar-refractivity contribution is -0.136. The van der Waals surface area contributed by atoms with Gasteiger partial charge in [-0.05, 0) is 81.0 Å². The zero-order valence-electron chi connectivity index (χ0n) is 36.1. The van der Waals surface area contributed by atoms with Gasteiger partial charge in [0.2, 0.25) is 11.8 Å². The van der Waals surface area contributed by atoms with Crippen LogP contribution in [0.4, 0.5) is 9.59 Å². The van der Waals surface area contributed by atoms with E-state index in [0.717, 1.165) is 101 Å². The molecule has 9 rings (SSSR count). The second-order valence-electron chi connectivity index (χ2n) is 17.8. The number of amides is 4. The number of carbonyl (C=O) groups is 4. The molecule has 0 radical (unpaired) electrons. The van der Waals surface area contributed by atoms with Crippen LogP contribution >= 0.6 is 0 Å². The van der Waals surface area contributed by atoms with Crippen molar-refractivity contribution in [3.8, 4) is 39.5 Å². The Morgan fingerprint density at radius 3 is 1.77 bits per heavy atom. The Hall–Kier alpha value is -6.32. The standard InChI is InChI=1S/C46H55N9O7/c1-24(2)37(52-44(58)60-5)42(56)54-18-7-10-33(54)40-47-22-31(50-40)26-13-15-30-29(20-26)36-39(49-30)28-14-12-27(21-35(28)62-46(36)16-9-17-46)32-23-48-41(51-32)34-11-8-19-55(34)43(57)38(25(3)4)53-45(59)61-6/h12-15,20-25,33-34,37-38,49H,7-11,16-19H2,1-6H3,(H,47,50)(H,48,51)(H,52,58)(H,53,59)/t33-,34-,37-,38-/m0/s1. The molecule has 0 unspecified atom stereocenters. The van der Waals surface area contributed by atoms with E-state index in [1.165, 1.54) is 19.8 Å². The number of hydrogen-bond acceptors (Lipinski definition) is 9. The lowest BCUT2D eigenvalue weighted by Crippen LogP contribution is -2.51. The molecule has 16 heteroatoms. The number of aromatic nitrogens is 5. The van der Waals surface area contributed by atoms with Crippen LogP contribution in [0.1, 0.15) is 102 Å². The number of rotatable bonds is 10. The van der Waals surface area contributed by atoms with Gasteiger partial charge >= 0.3 is 12.2 Å². The van der Waals surface area contributed by atoms with Crippen molar-refractivity contribution in [1.29, 1.82) is 0 Å². The van der Waals surface area contributed by atoms with Crippen LogP contribution in [0.3, 0.4) is 0 Å². The summed E-state index contributed by atoms with van der Waals surface area (Å²) in [5.41, 5.74) is 7.36. The summed E-state index contributed by atoms with van der Waals surface area (Å²) >= 11 is 0. The summed E-state index contributed by atoms with van der Waals surface area (Å²) in [7, 11) is 2.59. The van der Waals surface area contributed by atoms with Gasteiger partial charge in [-0.2, -0.15) is 0 Å². The number of aromatic amines is 3. The van der Waals surface area contributed by atoms with Gasteiger partial charge in [-0.1, -0.05) is 39.8 Å². The zero-order chi connectivity index (χ0) is 43.4. The van der Waals surface area contributed by atoms with Crippen LogP contribution in [0.25, 0.3) is 44.7 Å². The van der Waals surface area contributed by atoms with Gasteiger partial charge in [0, 0.05) is 46.2 Å². The van der Waals surface area contributed by atoms with Gasteiger partial charge < -0.3 is 49.6 Å². The Morgan fingerprint density at radius 2 is 1.27 bits per heavy atom. The first-order valence-electron chi connectivity index (χ1n) is 21.8. The lowest BCUT2D eigenvalue weighted by Gasteiger charge is -2.45. The molecule has 4 aliphatic rings. The molecule has 2 saturated heterocycles. The molecule has 62 heavy (non-hydrogen) atoms. The number of fused-ring (bicyclic) bond motifs is 6. The van der Waals surface area contributed by atoms with Gasteiger partial charge in [-0.25, -0.2) is 19.6 Å². The number of ether oxygens (including phenoxy) is 3. The van der Waals surface area contributed by atoms with Crippen molar-refractivity contribution < 1.29 is 33.4 Å². The molecule has 3 aromatic heterocycles. The molecule has 3 aliphatic heterocycles. The maximum Gasteiger partial charge on any atom is 0.407 e. The summed E-state index contributed by atoms with van der Waals surface area (Å²) in [5.74, 6) is 1.70. The third kappa shape index (κ3) is 7.12. The van der Waals surface area contributed by atoms with Gasteiger partial charge in [0.1, 0.15) is 35.1 Å². The van der Waals surface area contributed by atoms with E-state index >= 15 is 0 Å². The van der Waals surface area contributed by atoms with Gasteiger partial charge in [-0.3, -0.25) is 9.59 Å². The fraction of sp³-hybridized carbons (Fsp3) is 0.478. The summed E-state index contributed by atoms with van der Waals surface area (Å²) in [6.45, 7) is 8.79. The number of hydrogen-bond donors (Lipinski definition) is 5. The van der Waals surface area contributed by atoms with Crippen LogP contribution in [0.2, 0.25) is 0 Å². The van der Waals surface area contributed by atoms with Crippen LogP contribution in [-0.2, 0) is 24.7 Å². The summed E-state index contributed by atoms with van der Waals surface area (Å²) in [4.78, 5) is 75.6. The Kier molecular flexibility index (Phi) is 10.7. The van der Waals surface area contributed by atoms with Crippen molar-refractivity contribution in [3.63, 3.8) is 0 Å². The molecule has 3 fully saturated rings. The maximum atomic E-state index is 13.7. The van der Waals surface area contributed by atoms with E-state index in [4.69, 9.17) is 24.2 Å². The van der Waals surface area contributed by atoms with E-state index in [-0.39, 0.29) is 35.7 Å². The van der Waals surface area contributed by atoms with Gasteiger partial charge in [0.25, 0.3) is 0 Å². The number of imidazole rings is 2. The van der Waals surface area contributed by atoms with Gasteiger partial charge in [0.05, 0.1) is 55.8 Å². The summed E-state index contributed by atoms with van der Waals surface area (Å²) in [6, 6.07) is 10.8. The highest BCUT2D eigenvalue weighted by Crippen LogP contribution is 2.56. The molecule has 2 aromatic carbocycles. The molecule has 6 heterocycles. The molecule has 0 bridgehead atoms. The fourth-order valence-corrected chi connectivity index (χ4v) is 9.82. The molecule has 1 aliphatic carbocycles. The summed E-state index contributed by atoms with van der Waals surface area (Å²) in [5, 5.41) is 6.54. The molecule has 1 saturated carbocycles. The monoisotopic (exact) mass is 845 g/mol. The van der Waals surface area contributed by atoms with E-state index in [1.54, 1.807) is 0 Å². The molecular formula is C46H55N9O7. The fourth-order valence-electron chi connectivity index (χ4n) is 9.82. The third-order valence-electron chi connectivity index (χ3n) is 13.3. The molecule has 16 nitrogen and oxygen atoms in total. The first kappa shape index (κ1) is 41.1. The van der Waals surface area contributed by atoms with Crippen LogP contribution in [0, 0.1) is 11.8 Å². The zero-order valence-corrected chi connectivity index (χ0v) is 36.1. The summed E-state index contributed by atoms with van der Waals surface area (Å²) in [6.07, 6.45) is 8.45. The topological polar surface area (TPSA) is 200 Å². The number of H-pyrrole nitrogens is 3. The third-order valence-corrected chi connectivity index (χ3v) is 13.3. The maximum absolute atomic E-state index is 13.7. The largest absolute Gasteiger partial charge is 0.482 e. The first-order valence-corrected chi connectivity index (χ1v) is 21.8. The van der Waals surface area contributed by atoms with E-state index < -0.39 is 29.9 Å². The van der Waals surface area contributed by atoms with Crippen LogP contribution in [0.15, 0.2) is 48.8 Å². The normalized spacial score (nSPS) is 19.8. The number of likely N-dealkylation sites (tertiary alicyclic amines) is 2. The quantitative estimate of drug-likeness (QED) is 0.0946. The van der Waals surface area contributed by atoms with Crippen LogP contribution < -0.4 is 15.4 Å². The van der Waals surface area contributed by atoms with E-state index in [0.29, 0.717) is 18.9 Å². The number of nitrogens with one attached hydrogen (secondary N) is 5. The number of methoxy groups -OCH3 is 2. The highest BCUT2D eigenvalue weighted by atomic mass is 16.5. The first-order chi connectivity index (χ1) is 29.9. The van der Waals surface area contributed by atoms with Crippen molar-refractivity contribution in [2.75, 3.05) is 27.3 Å². The van der Waals surface area contributed by atoms with Crippen molar-refractivity contribution in [2.45, 2.75) is 102 Å². The number of carbonyl (C=O) groups excluding carboxylic acids is 4. The van der Waals surface area contributed by atoms with Crippen LogP contribution in [-0.4, -0.2) is 98.1 Å². The summed E-state index contributed by atoms with van der Waals surface area (Å²) < 4.78 is 16.6. The van der Waals surface area contributed by atoms with Crippen LogP contribution in [0.5, 0.6) is 5.75 Å². The molecule has 5 N–H and O–H groups in total. The Labute approximate surface area is 359 Å². The minimum Gasteiger partial charge on any atom is -0.482 e. The second-order valence-corrected chi connectivity index (χ2v) is 17.8. The lowest BCUT2D eigenvalue weighted by atomic mass is 9.71. The number of nitrogens with zero attached hydrogens (tertiary/aromatic N) is 4. The van der Waals surface area contributed by atoms with E-state index in [2.05, 4.69) is 62.0 Å². The smallest absolute Gasteiger partial charge is 0.407 e. The van der Waals surface area contributed by atoms with Gasteiger partial charge in [-0.15, -0.1) is 0 Å². The predicted molar refractivity (Wildman–Crippen MR) is 231 cm³/mol. The predicted octanol–water partition coefficient (Wildman–Crippen LogP) is 7.47. The SMILES string of the molecule is COC(=O)N[C@H](C(=O)N1CCC[C@H]1c1ncc(-c2ccc3c(c2)OC2(CCC2)c2c-3[nH]c3ccc(-c4cnc([C@@H]5CCCN5C(=O)[C@@H](NC(=O)OC)C(C)C)[nH]4)cc23)[nH]1)C(C)C. The Balaban J connectivity index is 0.973. The molecular weight excluding hydrogens is 791 g/mol. The van der Waals surface area contributed by atoms with Crippen molar-refractivity contribution in [2.24, 2.45) is 11.8 Å². The second kappa shape index (κ2) is 16.2. The molecule has 4 atom stereocenters. The van der Waals surface area contributed by atoms with Crippen molar-refractivity contribution in [3.05, 3.63) is 66.0 Å². The molecule has 5 aromatic rings. The van der Waals surface area contributed by atoms with Crippen molar-refractivity contribution >= 4 is 34.9 Å². The average Bonchev–Trinajstić information content (AvgIpc) is 4.11. The highest BCUT2D eigenvalue weighted by molar-refractivity contribution is 5.97. The average molecular weight is 846 g/mol.